The Kier molecular flexibility index (Phi) is 19.0. The molecule has 1 heterocycles. The first-order valence-electron chi connectivity index (χ1n) is 27.3. The van der Waals surface area contributed by atoms with Gasteiger partial charge in [-0.2, -0.15) is 0 Å². The van der Waals surface area contributed by atoms with Gasteiger partial charge in [0.15, 0.2) is 133 Å². The van der Waals surface area contributed by atoms with Crippen molar-refractivity contribution < 1.29 is 188 Å². The van der Waals surface area contributed by atoms with Crippen LogP contribution in [-0.4, -0.2) is 192 Å². The Bertz CT molecular complexity index is 4630. The molecule has 1 aliphatic rings. The van der Waals surface area contributed by atoms with Crippen LogP contribution in [0, 0.1) is 0 Å². The minimum Gasteiger partial charge on any atom is -0.504 e. The van der Waals surface area contributed by atoms with Crippen molar-refractivity contribution in [1.29, 1.82) is 0 Å². The zero-order chi connectivity index (χ0) is 73.4. The Morgan fingerprint density at radius 3 is 0.740 bits per heavy atom. The zero-order valence-electron chi connectivity index (χ0n) is 49.2. The third kappa shape index (κ3) is 14.3. The van der Waals surface area contributed by atoms with Crippen molar-refractivity contribution in [2.75, 3.05) is 6.61 Å². The average Bonchev–Trinajstić information content (AvgIpc) is 0.767. The molecule has 0 aromatic heterocycles. The number of aromatic hydroxyl groups is 21. The van der Waals surface area contributed by atoms with Crippen LogP contribution in [0.15, 0.2) is 97.1 Å². The number of benzene rings is 8. The molecule has 0 radical (unpaired) electrons. The molecule has 8 aromatic carbocycles. The fourth-order valence-electron chi connectivity index (χ4n) is 8.95. The van der Waals surface area contributed by atoms with Crippen molar-refractivity contribution in [3.8, 4) is 138 Å². The van der Waals surface area contributed by atoms with Crippen LogP contribution in [0.3, 0.4) is 0 Å². The summed E-state index contributed by atoms with van der Waals surface area (Å²) in [4.78, 5) is 112. The molecule has 38 heteroatoms. The lowest BCUT2D eigenvalue weighted by Gasteiger charge is -2.43. The molecule has 520 valence electrons. The van der Waals surface area contributed by atoms with E-state index >= 15 is 0 Å². The van der Waals surface area contributed by atoms with E-state index in [9.17, 15) is 146 Å². The van der Waals surface area contributed by atoms with Crippen LogP contribution < -0.4 is 14.2 Å². The van der Waals surface area contributed by atoms with Crippen LogP contribution in [0.5, 0.6) is 138 Å². The number of carbonyl (C=O) groups excluding carboxylic acids is 8. The lowest BCUT2D eigenvalue weighted by molar-refractivity contribution is -0.282. The first-order chi connectivity index (χ1) is 47.0. The summed E-state index contributed by atoms with van der Waals surface area (Å²) in [5.74, 6) is -42.6. The minimum absolute atomic E-state index is 0.372. The molecule has 21 N–H and O–H groups in total. The normalized spacial score (nSPS) is 15.5. The second kappa shape index (κ2) is 27.3. The van der Waals surface area contributed by atoms with Crippen LogP contribution >= 0.6 is 0 Å². The van der Waals surface area contributed by atoms with Crippen molar-refractivity contribution in [3.05, 3.63) is 142 Å². The van der Waals surface area contributed by atoms with Crippen molar-refractivity contribution >= 4 is 47.8 Å². The van der Waals surface area contributed by atoms with Crippen LogP contribution in [-0.2, 0) is 28.4 Å². The Morgan fingerprint density at radius 2 is 0.460 bits per heavy atom. The molecular formula is C62H44O38. The van der Waals surface area contributed by atoms with Gasteiger partial charge in [-0.3, -0.25) is 0 Å². The van der Waals surface area contributed by atoms with E-state index in [0.717, 1.165) is 0 Å². The van der Waals surface area contributed by atoms with Gasteiger partial charge in [0.25, 0.3) is 0 Å². The van der Waals surface area contributed by atoms with Gasteiger partial charge in [0.1, 0.15) is 12.7 Å². The highest BCUT2D eigenvalue weighted by molar-refractivity contribution is 5.98. The Hall–Kier alpha value is -14.7. The topological polar surface area (TPSA) is 644 Å². The van der Waals surface area contributed by atoms with Crippen LogP contribution in [0.2, 0.25) is 0 Å². The van der Waals surface area contributed by atoms with Gasteiger partial charge in [0.2, 0.25) is 29.6 Å². The fraction of sp³-hybridized carbons (Fsp3) is 0.0968. The first kappa shape index (κ1) is 69.6. The van der Waals surface area contributed by atoms with Crippen LogP contribution in [0.25, 0.3) is 0 Å². The molecule has 5 unspecified atom stereocenters. The molecule has 100 heavy (non-hydrogen) atoms. The molecule has 0 spiro atoms. The summed E-state index contributed by atoms with van der Waals surface area (Å²) >= 11 is 0. The first-order valence-corrected chi connectivity index (χ1v) is 27.3. The predicted octanol–water partition coefficient (Wildman–Crippen LogP) is 3.58. The SMILES string of the molecule is O=C(OCC1OC(OC(=O)c2cc(O)c(O)c(O)c2)C(OC(=O)c2cc(O)c(O)c(OC(=O)c3cc(O)c(O)c(O)c3)c2)C(OC(=O)c2cc(O)c(O)c(OC(=O)c3cc(O)c(O)c(O)c3)c2)C1OC(=O)c1cc(O)c(O)c(O)c1)c1cc(O)c(O)c(OC(=O)c2cc(O)c(O)c(O)c2)c1. The summed E-state index contributed by atoms with van der Waals surface area (Å²) in [5, 5.41) is 216. The van der Waals surface area contributed by atoms with Gasteiger partial charge in [-0.25, -0.2) is 38.4 Å². The van der Waals surface area contributed by atoms with E-state index in [1.807, 2.05) is 0 Å². The Balaban J connectivity index is 1.19. The van der Waals surface area contributed by atoms with E-state index < -0.39 is 268 Å². The molecule has 0 aliphatic carbocycles. The fourth-order valence-corrected chi connectivity index (χ4v) is 8.95. The standard InChI is InChI=1S/C62H44O38/c63-26-1-18(2-27(64)43(26)76)55(85)93-39-14-23(11-36(73)48(39)81)54(84)92-17-42-51(97-58(88)21-7-32(69)46(79)33(70)8-21)52(98-59(89)24-12-37(74)49(82)40(15-24)94-56(86)19-3-28(65)44(77)29(66)4-19)53(62(96-42)100-61(91)22-9-34(71)47(80)35(72)10-22)99-60(90)25-13-38(75)50(83)41(16-25)95-57(87)20-5-30(67)45(78)31(68)6-20/h1-16,42,51-53,62-83H,17H2. The summed E-state index contributed by atoms with van der Waals surface area (Å²) in [6.45, 7) is -1.53. The molecular weight excluding hydrogens is 1350 g/mol. The van der Waals surface area contributed by atoms with E-state index in [0.29, 0.717) is 97.1 Å². The largest absolute Gasteiger partial charge is 0.504 e. The van der Waals surface area contributed by atoms with Gasteiger partial charge in [0, 0.05) is 0 Å². The maximum atomic E-state index is 14.9. The van der Waals surface area contributed by atoms with Gasteiger partial charge in [-0.1, -0.05) is 0 Å². The second-order valence-corrected chi connectivity index (χ2v) is 20.7. The van der Waals surface area contributed by atoms with Crippen LogP contribution in [0.1, 0.15) is 82.9 Å². The molecule has 0 saturated carbocycles. The lowest BCUT2D eigenvalue weighted by atomic mass is 9.97. The third-order valence-corrected chi connectivity index (χ3v) is 13.9. The number of hydrogen-bond donors (Lipinski definition) is 21. The smallest absolute Gasteiger partial charge is 0.343 e. The number of ether oxygens (including phenoxy) is 9. The van der Waals surface area contributed by atoms with E-state index in [2.05, 4.69) is 0 Å². The summed E-state index contributed by atoms with van der Waals surface area (Å²) in [6.07, 6.45) is -13.9. The number of carbonyl (C=O) groups is 8. The third-order valence-electron chi connectivity index (χ3n) is 13.9. The summed E-state index contributed by atoms with van der Waals surface area (Å²) in [6, 6.07) is 7.67. The molecule has 9 rings (SSSR count). The maximum Gasteiger partial charge on any atom is 0.343 e. The minimum atomic E-state index is -2.89. The monoisotopic (exact) mass is 1400 g/mol. The number of phenols is 21. The number of hydrogen-bond acceptors (Lipinski definition) is 38. The molecule has 8 aromatic rings. The molecule has 1 saturated heterocycles. The van der Waals surface area contributed by atoms with Gasteiger partial charge < -0.3 is 150 Å². The maximum absolute atomic E-state index is 14.9. The van der Waals surface area contributed by atoms with E-state index in [1.165, 1.54) is 0 Å². The van der Waals surface area contributed by atoms with Crippen molar-refractivity contribution in [1.82, 2.24) is 0 Å². The van der Waals surface area contributed by atoms with Gasteiger partial charge in [-0.15, -0.1) is 0 Å². The van der Waals surface area contributed by atoms with Crippen molar-refractivity contribution in [2.24, 2.45) is 0 Å². The van der Waals surface area contributed by atoms with Gasteiger partial charge >= 0.3 is 47.8 Å². The second-order valence-electron chi connectivity index (χ2n) is 20.7. The number of phenolic OH excluding ortho intramolecular Hbond substituents is 21. The Morgan fingerprint density at radius 1 is 0.250 bits per heavy atom. The summed E-state index contributed by atoms with van der Waals surface area (Å²) < 4.78 is 49.4. The van der Waals surface area contributed by atoms with E-state index in [4.69, 9.17) is 42.6 Å². The van der Waals surface area contributed by atoms with Crippen molar-refractivity contribution in [2.45, 2.75) is 30.7 Å². The number of esters is 8. The number of rotatable bonds is 17. The molecule has 38 nitrogen and oxygen atoms in total. The van der Waals surface area contributed by atoms with Gasteiger partial charge in [0.05, 0.1) is 44.5 Å². The molecule has 0 amide bonds. The van der Waals surface area contributed by atoms with E-state index in [-0.39, 0.29) is 0 Å². The summed E-state index contributed by atoms with van der Waals surface area (Å²) in [7, 11) is 0. The van der Waals surface area contributed by atoms with E-state index in [1.54, 1.807) is 0 Å². The highest BCUT2D eigenvalue weighted by atomic mass is 16.7. The highest BCUT2D eigenvalue weighted by Gasteiger charge is 2.55. The summed E-state index contributed by atoms with van der Waals surface area (Å²) in [5.41, 5.74) is -7.27. The molecule has 1 fully saturated rings. The van der Waals surface area contributed by atoms with Crippen LogP contribution in [0.4, 0.5) is 0 Å². The quantitative estimate of drug-likeness (QED) is 0.0268. The molecule has 5 atom stereocenters. The predicted molar refractivity (Wildman–Crippen MR) is 313 cm³/mol. The highest BCUT2D eigenvalue weighted by Crippen LogP contribution is 2.45. The Labute approximate surface area is 551 Å². The van der Waals surface area contributed by atoms with Gasteiger partial charge in [-0.05, 0) is 97.1 Å². The molecule has 0 bridgehead atoms. The average molecular weight is 1400 g/mol. The van der Waals surface area contributed by atoms with Crippen molar-refractivity contribution in [3.63, 3.8) is 0 Å². The molecule has 1 aliphatic heterocycles. The zero-order valence-corrected chi connectivity index (χ0v) is 49.2. The lowest BCUT2D eigenvalue weighted by Crippen LogP contribution is -2.63.